The Morgan fingerprint density at radius 1 is 1.23 bits per heavy atom. The van der Waals surface area contributed by atoms with Crippen LogP contribution in [0, 0.1) is 6.92 Å². The van der Waals surface area contributed by atoms with E-state index in [0.717, 1.165) is 61.8 Å². The van der Waals surface area contributed by atoms with E-state index in [0.29, 0.717) is 24.0 Å². The lowest BCUT2D eigenvalue weighted by Gasteiger charge is -2.32. The zero-order valence-corrected chi connectivity index (χ0v) is 17.2. The van der Waals surface area contributed by atoms with Gasteiger partial charge in [-0.05, 0) is 56.2 Å². The van der Waals surface area contributed by atoms with E-state index in [1.807, 2.05) is 12.1 Å². The van der Waals surface area contributed by atoms with Crippen molar-refractivity contribution >= 4 is 22.8 Å². The summed E-state index contributed by atoms with van der Waals surface area (Å²) < 4.78 is 0. The molecule has 3 aromatic heterocycles. The van der Waals surface area contributed by atoms with Crippen LogP contribution in [0.2, 0.25) is 0 Å². The number of rotatable bonds is 4. The van der Waals surface area contributed by atoms with Gasteiger partial charge in [-0.2, -0.15) is 9.97 Å². The minimum absolute atomic E-state index is 0.00735. The van der Waals surface area contributed by atoms with Crippen molar-refractivity contribution in [1.82, 2.24) is 24.8 Å². The number of likely N-dealkylation sites (tertiary alicyclic amines) is 1. The van der Waals surface area contributed by atoms with Gasteiger partial charge in [-0.25, -0.2) is 4.98 Å². The van der Waals surface area contributed by atoms with E-state index >= 15 is 0 Å². The zero-order valence-electron chi connectivity index (χ0n) is 17.2. The van der Waals surface area contributed by atoms with Crippen LogP contribution in [0.5, 0.6) is 0 Å². The molecule has 0 unspecified atom stereocenters. The molecule has 0 aromatic carbocycles. The maximum atomic E-state index is 11.9. The van der Waals surface area contributed by atoms with Crippen molar-refractivity contribution in [3.05, 3.63) is 51.1 Å². The number of hydrogen-bond donors (Lipinski definition) is 3. The molecule has 8 nitrogen and oxygen atoms in total. The second kappa shape index (κ2) is 7.68. The average Bonchev–Trinajstić information content (AvgIpc) is 3.20. The third kappa shape index (κ3) is 3.52. The highest BCUT2D eigenvalue weighted by molar-refractivity contribution is 5.90. The average molecular weight is 406 g/mol. The van der Waals surface area contributed by atoms with Gasteiger partial charge in [0, 0.05) is 43.1 Å². The first-order valence-corrected chi connectivity index (χ1v) is 10.7. The van der Waals surface area contributed by atoms with Gasteiger partial charge in [-0.15, -0.1) is 0 Å². The van der Waals surface area contributed by atoms with E-state index in [1.54, 1.807) is 6.20 Å². The summed E-state index contributed by atoms with van der Waals surface area (Å²) in [6.45, 7) is 4.62. The van der Waals surface area contributed by atoms with Crippen LogP contribution in [0.3, 0.4) is 0 Å². The van der Waals surface area contributed by atoms with Gasteiger partial charge in [0.25, 0.3) is 5.56 Å². The lowest BCUT2D eigenvalue weighted by Crippen LogP contribution is -2.39. The number of aryl methyl sites for hydroxylation is 2. The van der Waals surface area contributed by atoms with Gasteiger partial charge < -0.3 is 16.0 Å². The minimum Gasteiger partial charge on any atom is -0.383 e. The largest absolute Gasteiger partial charge is 0.383 e. The first kappa shape index (κ1) is 19.0. The molecule has 1 aliphatic carbocycles. The van der Waals surface area contributed by atoms with E-state index < -0.39 is 0 Å². The van der Waals surface area contributed by atoms with Crippen molar-refractivity contribution in [3.8, 4) is 0 Å². The van der Waals surface area contributed by atoms with Crippen LogP contribution in [0.15, 0.2) is 23.1 Å². The Labute approximate surface area is 174 Å². The predicted molar refractivity (Wildman–Crippen MR) is 117 cm³/mol. The fraction of sp³-hybridized carbons (Fsp3) is 0.455. The summed E-state index contributed by atoms with van der Waals surface area (Å²) in [7, 11) is 0. The number of piperidine rings is 1. The summed E-state index contributed by atoms with van der Waals surface area (Å²) in [4.78, 5) is 31.0. The van der Waals surface area contributed by atoms with Crippen LogP contribution >= 0.6 is 0 Å². The summed E-state index contributed by atoms with van der Waals surface area (Å²) in [5.74, 6) is 1.06. The molecule has 4 N–H and O–H groups in total. The molecular weight excluding hydrogens is 378 g/mol. The Bertz CT molecular complexity index is 1150. The molecule has 1 aliphatic heterocycles. The lowest BCUT2D eigenvalue weighted by molar-refractivity contribution is 0.210. The number of anilines is 2. The van der Waals surface area contributed by atoms with Crippen LogP contribution in [0.25, 0.3) is 11.0 Å². The minimum atomic E-state index is -0.00735. The van der Waals surface area contributed by atoms with E-state index in [2.05, 4.69) is 27.1 Å². The molecule has 156 valence electrons. The zero-order chi connectivity index (χ0) is 20.7. The highest BCUT2D eigenvalue weighted by atomic mass is 16.1. The number of fused-ring (bicyclic) bond motifs is 2. The smallest absolute Gasteiger partial charge is 0.252 e. The number of aromatic nitrogens is 4. The van der Waals surface area contributed by atoms with Crippen molar-refractivity contribution in [2.24, 2.45) is 0 Å². The van der Waals surface area contributed by atoms with Crippen LogP contribution in [-0.2, 0) is 19.4 Å². The first-order chi connectivity index (χ1) is 14.6. The van der Waals surface area contributed by atoms with Gasteiger partial charge in [-0.3, -0.25) is 9.69 Å². The summed E-state index contributed by atoms with van der Waals surface area (Å²) >= 11 is 0. The number of nitrogens with two attached hydrogens (primary N) is 1. The van der Waals surface area contributed by atoms with E-state index in [1.165, 1.54) is 11.1 Å². The third-order valence-electron chi connectivity index (χ3n) is 6.39. The normalized spacial score (nSPS) is 17.4. The van der Waals surface area contributed by atoms with Gasteiger partial charge in [-0.1, -0.05) is 6.07 Å². The SMILES string of the molecule is Cc1c2c(nc3nc(NC4CCN(Cc5ccc[nH]c5=O)CC4)nc(N)c13)CCC2. The van der Waals surface area contributed by atoms with Crippen LogP contribution in [0.1, 0.15) is 41.6 Å². The Morgan fingerprint density at radius 3 is 2.87 bits per heavy atom. The molecule has 0 bridgehead atoms. The molecular formula is C22H27N7O. The number of pyridine rings is 2. The molecule has 0 radical (unpaired) electrons. The number of aromatic amines is 1. The fourth-order valence-electron chi connectivity index (χ4n) is 4.74. The molecule has 4 heterocycles. The molecule has 3 aromatic rings. The molecule has 0 atom stereocenters. The maximum Gasteiger partial charge on any atom is 0.252 e. The lowest BCUT2D eigenvalue weighted by atomic mass is 10.0. The van der Waals surface area contributed by atoms with E-state index in [4.69, 9.17) is 15.7 Å². The Morgan fingerprint density at radius 2 is 2.07 bits per heavy atom. The summed E-state index contributed by atoms with van der Waals surface area (Å²) in [6.07, 6.45) is 6.82. The maximum absolute atomic E-state index is 11.9. The van der Waals surface area contributed by atoms with Crippen molar-refractivity contribution in [2.45, 2.75) is 51.6 Å². The van der Waals surface area contributed by atoms with Crippen molar-refractivity contribution < 1.29 is 0 Å². The number of hydrogen-bond acceptors (Lipinski definition) is 7. The Kier molecular flexibility index (Phi) is 4.86. The van der Waals surface area contributed by atoms with Crippen molar-refractivity contribution in [1.29, 1.82) is 0 Å². The van der Waals surface area contributed by atoms with Gasteiger partial charge in [0.15, 0.2) is 5.65 Å². The van der Waals surface area contributed by atoms with Gasteiger partial charge in [0.05, 0.1) is 5.39 Å². The molecule has 8 heteroatoms. The monoisotopic (exact) mass is 405 g/mol. The highest BCUT2D eigenvalue weighted by Crippen LogP contribution is 2.31. The molecule has 1 fully saturated rings. The molecule has 0 spiro atoms. The second-order valence-corrected chi connectivity index (χ2v) is 8.37. The Hall–Kier alpha value is -3.00. The van der Waals surface area contributed by atoms with Gasteiger partial charge in [0.2, 0.25) is 5.95 Å². The van der Waals surface area contributed by atoms with E-state index in [9.17, 15) is 4.79 Å². The molecule has 0 saturated carbocycles. The second-order valence-electron chi connectivity index (χ2n) is 8.37. The molecule has 0 amide bonds. The fourth-order valence-corrected chi connectivity index (χ4v) is 4.74. The van der Waals surface area contributed by atoms with Crippen molar-refractivity contribution in [3.63, 3.8) is 0 Å². The van der Waals surface area contributed by atoms with Crippen molar-refractivity contribution in [2.75, 3.05) is 24.1 Å². The first-order valence-electron chi connectivity index (χ1n) is 10.7. The van der Waals surface area contributed by atoms with Crippen LogP contribution in [0.4, 0.5) is 11.8 Å². The summed E-state index contributed by atoms with van der Waals surface area (Å²) in [6, 6.07) is 4.04. The summed E-state index contributed by atoms with van der Waals surface area (Å²) in [5.41, 5.74) is 11.5. The van der Waals surface area contributed by atoms with Crippen LogP contribution < -0.4 is 16.6 Å². The molecule has 2 aliphatic rings. The quantitative estimate of drug-likeness (QED) is 0.610. The standard InChI is InChI=1S/C22H27N7O/c1-13-16-5-2-6-17(16)26-20-18(13)19(23)27-22(28-20)25-15-7-10-29(11-8-15)12-14-4-3-9-24-21(14)30/h3-4,9,15H,2,5-8,10-12H2,1H3,(H,24,30)(H3,23,25,26,27,28). The van der Waals surface area contributed by atoms with Gasteiger partial charge in [0.1, 0.15) is 5.82 Å². The number of nitrogens with one attached hydrogen (secondary N) is 2. The van der Waals surface area contributed by atoms with E-state index in [-0.39, 0.29) is 11.6 Å². The summed E-state index contributed by atoms with van der Waals surface area (Å²) in [5, 5.41) is 4.35. The molecule has 5 rings (SSSR count). The molecule has 30 heavy (non-hydrogen) atoms. The molecule has 1 saturated heterocycles. The Balaban J connectivity index is 1.28. The number of nitrogens with zero attached hydrogens (tertiary/aromatic N) is 4. The number of nitrogen functional groups attached to an aromatic ring is 1. The number of H-pyrrole nitrogens is 1. The topological polar surface area (TPSA) is 113 Å². The highest BCUT2D eigenvalue weighted by Gasteiger charge is 2.23. The predicted octanol–water partition coefficient (Wildman–Crippen LogP) is 2.17. The van der Waals surface area contributed by atoms with Crippen LogP contribution in [-0.4, -0.2) is 44.0 Å². The van der Waals surface area contributed by atoms with Gasteiger partial charge >= 0.3 is 0 Å². The third-order valence-corrected chi connectivity index (χ3v) is 6.39.